The minimum absolute atomic E-state index is 0.277. The van der Waals surface area contributed by atoms with Crippen molar-refractivity contribution in [1.82, 2.24) is 9.21 Å². The van der Waals surface area contributed by atoms with Crippen molar-refractivity contribution in [2.45, 2.75) is 4.90 Å². The van der Waals surface area contributed by atoms with E-state index in [0.717, 1.165) is 10.4 Å². The largest absolute Gasteiger partial charge is 0.308 e. The number of likely N-dealkylation sites (N-methyl/N-ethyl adjacent to an activating group) is 2. The van der Waals surface area contributed by atoms with Crippen molar-refractivity contribution >= 4 is 10.0 Å². The SMILES string of the molecule is CN(C)CCN(C)S(=O)(=O)c1ccccc1F. The van der Waals surface area contributed by atoms with Crippen LogP contribution in [0.25, 0.3) is 0 Å². The van der Waals surface area contributed by atoms with Gasteiger partial charge in [0, 0.05) is 20.1 Å². The van der Waals surface area contributed by atoms with Gasteiger partial charge in [-0.05, 0) is 26.2 Å². The summed E-state index contributed by atoms with van der Waals surface area (Å²) < 4.78 is 38.7. The van der Waals surface area contributed by atoms with Crippen LogP contribution >= 0.6 is 0 Å². The first-order chi connectivity index (χ1) is 7.85. The average Bonchev–Trinajstić information content (AvgIpc) is 2.26. The summed E-state index contributed by atoms with van der Waals surface area (Å²) >= 11 is 0. The molecule has 0 fully saturated rings. The topological polar surface area (TPSA) is 40.6 Å². The molecule has 0 bridgehead atoms. The summed E-state index contributed by atoms with van der Waals surface area (Å²) in [5.74, 6) is -0.718. The second-order valence-corrected chi connectivity index (χ2v) is 6.07. The molecule has 1 aromatic carbocycles. The number of rotatable bonds is 5. The van der Waals surface area contributed by atoms with Gasteiger partial charge in [0.05, 0.1) is 0 Å². The molecule has 0 heterocycles. The number of nitrogens with zero attached hydrogens (tertiary/aromatic N) is 2. The molecule has 0 saturated heterocycles. The lowest BCUT2D eigenvalue weighted by Crippen LogP contribution is -2.33. The van der Waals surface area contributed by atoms with E-state index in [0.29, 0.717) is 13.1 Å². The van der Waals surface area contributed by atoms with Crippen LogP contribution in [0.2, 0.25) is 0 Å². The van der Waals surface area contributed by atoms with Gasteiger partial charge < -0.3 is 4.90 Å². The fourth-order valence-electron chi connectivity index (χ4n) is 1.28. The van der Waals surface area contributed by atoms with Crippen LogP contribution < -0.4 is 0 Å². The van der Waals surface area contributed by atoms with E-state index in [1.807, 2.05) is 19.0 Å². The first kappa shape index (κ1) is 14.1. The summed E-state index contributed by atoms with van der Waals surface area (Å²) in [6.45, 7) is 0.911. The van der Waals surface area contributed by atoms with Gasteiger partial charge in [-0.15, -0.1) is 0 Å². The van der Waals surface area contributed by atoms with Gasteiger partial charge in [-0.25, -0.2) is 12.8 Å². The Morgan fingerprint density at radius 1 is 1.12 bits per heavy atom. The standard InChI is InChI=1S/C11H17FN2O2S/c1-13(2)8-9-14(3)17(15,16)11-7-5-4-6-10(11)12/h4-7H,8-9H2,1-3H3. The van der Waals surface area contributed by atoms with Crippen LogP contribution in [0, 0.1) is 5.82 Å². The summed E-state index contributed by atoms with van der Waals surface area (Å²) in [6, 6.07) is 5.40. The predicted octanol–water partition coefficient (Wildman–Crippen LogP) is 1.01. The normalized spacial score (nSPS) is 12.4. The molecular weight excluding hydrogens is 243 g/mol. The zero-order valence-corrected chi connectivity index (χ0v) is 11.0. The molecule has 0 atom stereocenters. The quantitative estimate of drug-likeness (QED) is 0.793. The summed E-state index contributed by atoms with van der Waals surface area (Å²) in [5, 5.41) is 0. The molecule has 17 heavy (non-hydrogen) atoms. The summed E-state index contributed by atoms with van der Waals surface area (Å²) in [4.78, 5) is 1.59. The monoisotopic (exact) mass is 260 g/mol. The lowest BCUT2D eigenvalue weighted by atomic mass is 10.4. The van der Waals surface area contributed by atoms with Gasteiger partial charge >= 0.3 is 0 Å². The summed E-state index contributed by atoms with van der Waals surface area (Å²) in [7, 11) is 1.42. The Labute approximate surface area is 102 Å². The van der Waals surface area contributed by atoms with Crippen molar-refractivity contribution in [1.29, 1.82) is 0 Å². The number of sulfonamides is 1. The van der Waals surface area contributed by atoms with E-state index >= 15 is 0 Å². The molecule has 0 unspecified atom stereocenters. The van der Waals surface area contributed by atoms with Crippen molar-refractivity contribution < 1.29 is 12.8 Å². The smallest absolute Gasteiger partial charge is 0.245 e. The molecule has 0 radical (unpaired) electrons. The first-order valence-corrected chi connectivity index (χ1v) is 6.65. The van der Waals surface area contributed by atoms with Crippen molar-refractivity contribution in [3.8, 4) is 0 Å². The van der Waals surface area contributed by atoms with E-state index in [1.54, 1.807) is 0 Å². The van der Waals surface area contributed by atoms with Crippen LogP contribution in [0.3, 0.4) is 0 Å². The Hall–Kier alpha value is -0.980. The maximum Gasteiger partial charge on any atom is 0.245 e. The summed E-state index contributed by atoms with van der Waals surface area (Å²) in [5.41, 5.74) is 0. The average molecular weight is 260 g/mol. The molecule has 0 aliphatic heterocycles. The molecule has 0 spiro atoms. The van der Waals surface area contributed by atoms with Gasteiger partial charge in [0.15, 0.2) is 0 Å². The van der Waals surface area contributed by atoms with Gasteiger partial charge in [0.25, 0.3) is 0 Å². The van der Waals surface area contributed by atoms with Gasteiger partial charge in [-0.2, -0.15) is 4.31 Å². The Morgan fingerprint density at radius 2 is 1.71 bits per heavy atom. The van der Waals surface area contributed by atoms with E-state index in [4.69, 9.17) is 0 Å². The highest BCUT2D eigenvalue weighted by Gasteiger charge is 2.23. The fourth-order valence-corrected chi connectivity index (χ4v) is 2.51. The van der Waals surface area contributed by atoms with Crippen LogP contribution in [0.15, 0.2) is 29.2 Å². The molecular formula is C11H17FN2O2S. The molecule has 96 valence electrons. The molecule has 0 aliphatic rings. The Kier molecular flexibility index (Phi) is 4.62. The third kappa shape index (κ3) is 3.49. The van der Waals surface area contributed by atoms with Crippen LogP contribution in [-0.4, -0.2) is 51.9 Å². The fraction of sp³-hybridized carbons (Fsp3) is 0.455. The van der Waals surface area contributed by atoms with E-state index in [-0.39, 0.29) is 4.90 Å². The van der Waals surface area contributed by atoms with Gasteiger partial charge in [-0.3, -0.25) is 0 Å². The van der Waals surface area contributed by atoms with E-state index in [9.17, 15) is 12.8 Å². The van der Waals surface area contributed by atoms with Crippen LogP contribution in [0.4, 0.5) is 4.39 Å². The van der Waals surface area contributed by atoms with Crippen LogP contribution in [-0.2, 0) is 10.0 Å². The summed E-state index contributed by atoms with van der Waals surface area (Å²) in [6.07, 6.45) is 0. The highest BCUT2D eigenvalue weighted by atomic mass is 32.2. The zero-order chi connectivity index (χ0) is 13.1. The van der Waals surface area contributed by atoms with Crippen molar-refractivity contribution in [3.05, 3.63) is 30.1 Å². The van der Waals surface area contributed by atoms with Crippen molar-refractivity contribution in [2.24, 2.45) is 0 Å². The number of hydrogen-bond acceptors (Lipinski definition) is 3. The highest BCUT2D eigenvalue weighted by Crippen LogP contribution is 2.17. The molecule has 1 aromatic rings. The van der Waals surface area contributed by atoms with E-state index < -0.39 is 15.8 Å². The maximum atomic E-state index is 13.4. The molecule has 0 aliphatic carbocycles. The van der Waals surface area contributed by atoms with Gasteiger partial charge in [-0.1, -0.05) is 12.1 Å². The first-order valence-electron chi connectivity index (χ1n) is 5.21. The van der Waals surface area contributed by atoms with Gasteiger partial charge in [0.1, 0.15) is 10.7 Å². The highest BCUT2D eigenvalue weighted by molar-refractivity contribution is 7.89. The molecule has 0 amide bonds. The number of benzene rings is 1. The molecule has 1 rings (SSSR count). The number of hydrogen-bond donors (Lipinski definition) is 0. The molecule has 0 aromatic heterocycles. The minimum Gasteiger partial charge on any atom is -0.308 e. The third-order valence-electron chi connectivity index (χ3n) is 2.39. The molecule has 0 N–H and O–H groups in total. The second kappa shape index (κ2) is 5.57. The number of halogens is 1. The van der Waals surface area contributed by atoms with Crippen molar-refractivity contribution in [2.75, 3.05) is 34.2 Å². The second-order valence-electron chi connectivity index (χ2n) is 4.06. The predicted molar refractivity (Wildman–Crippen MR) is 64.8 cm³/mol. The van der Waals surface area contributed by atoms with Gasteiger partial charge in [0.2, 0.25) is 10.0 Å². The minimum atomic E-state index is -3.73. The van der Waals surface area contributed by atoms with Crippen molar-refractivity contribution in [3.63, 3.8) is 0 Å². The molecule has 0 saturated carbocycles. The lowest BCUT2D eigenvalue weighted by molar-refractivity contribution is 0.357. The zero-order valence-electron chi connectivity index (χ0n) is 10.2. The maximum absolute atomic E-state index is 13.4. The molecule has 6 heteroatoms. The van der Waals surface area contributed by atoms with E-state index in [1.165, 1.54) is 25.2 Å². The Balaban J connectivity index is 2.92. The molecule has 4 nitrogen and oxygen atoms in total. The Bertz CT molecular complexity index is 474. The lowest BCUT2D eigenvalue weighted by Gasteiger charge is -2.19. The Morgan fingerprint density at radius 3 is 2.24 bits per heavy atom. The van der Waals surface area contributed by atoms with E-state index in [2.05, 4.69) is 0 Å². The van der Waals surface area contributed by atoms with Crippen LogP contribution in [0.1, 0.15) is 0 Å². The van der Waals surface area contributed by atoms with Crippen LogP contribution in [0.5, 0.6) is 0 Å². The third-order valence-corrected chi connectivity index (χ3v) is 4.28.